The number of allylic oxidation sites excluding steroid dienone is 1. The number of fused-ring (bicyclic) bond motifs is 1. The molecule has 0 amide bonds. The van der Waals surface area contributed by atoms with Gasteiger partial charge in [-0.15, -0.1) is 0 Å². The molecule has 1 N–H and O–H groups in total. The summed E-state index contributed by atoms with van der Waals surface area (Å²) in [4.78, 5) is 0. The Labute approximate surface area is 98.9 Å². The first-order valence-electron chi connectivity index (χ1n) is 6.82. The highest BCUT2D eigenvalue weighted by atomic mass is 16.3. The van der Waals surface area contributed by atoms with Gasteiger partial charge in [0.05, 0.1) is 0 Å². The molecule has 0 aromatic carbocycles. The molecular weight excluding hydrogens is 196 g/mol. The fourth-order valence-electron chi connectivity index (χ4n) is 5.14. The number of rotatable bonds is 1. The number of aliphatic hydroxyl groups excluding tert-OH is 1. The van der Waals surface area contributed by atoms with Crippen LogP contribution in [0.1, 0.15) is 46.0 Å². The normalized spacial score (nSPS) is 49.4. The maximum Gasteiger partial charge on any atom is 0.0464 e. The summed E-state index contributed by atoms with van der Waals surface area (Å²) in [6.45, 7) is 9.61. The molecule has 3 fully saturated rings. The monoisotopic (exact) mass is 220 g/mol. The molecule has 16 heavy (non-hydrogen) atoms. The van der Waals surface area contributed by atoms with Gasteiger partial charge in [0.25, 0.3) is 0 Å². The largest absolute Gasteiger partial charge is 0.396 e. The van der Waals surface area contributed by atoms with Gasteiger partial charge in [0.1, 0.15) is 0 Å². The van der Waals surface area contributed by atoms with Crippen molar-refractivity contribution in [3.63, 3.8) is 0 Å². The van der Waals surface area contributed by atoms with Crippen LogP contribution in [0.15, 0.2) is 12.2 Å². The third-order valence-corrected chi connectivity index (χ3v) is 6.38. The molecule has 3 aliphatic carbocycles. The molecule has 0 heterocycles. The van der Waals surface area contributed by atoms with E-state index in [1.165, 1.54) is 37.7 Å². The minimum Gasteiger partial charge on any atom is -0.396 e. The molecule has 0 aromatic heterocycles. The van der Waals surface area contributed by atoms with E-state index in [1.807, 2.05) is 0 Å². The Morgan fingerprint density at radius 2 is 2.06 bits per heavy atom. The standard InChI is InChI=1S/C15H24O/c1-10-13-5-4-12(9-16)15(13)7-6-11(8-15)14(10,2)3/h11-13,16H,1,4-9H2,2-3H3/t11-,12?,13-,15+/m1/s1. The van der Waals surface area contributed by atoms with Crippen molar-refractivity contribution in [2.24, 2.45) is 28.6 Å². The van der Waals surface area contributed by atoms with Crippen LogP contribution in [0.3, 0.4) is 0 Å². The van der Waals surface area contributed by atoms with Gasteiger partial charge < -0.3 is 5.11 Å². The zero-order chi connectivity index (χ0) is 11.6. The van der Waals surface area contributed by atoms with Crippen molar-refractivity contribution < 1.29 is 5.11 Å². The fourth-order valence-corrected chi connectivity index (χ4v) is 5.14. The molecule has 0 saturated heterocycles. The van der Waals surface area contributed by atoms with Crippen molar-refractivity contribution in [1.82, 2.24) is 0 Å². The Kier molecular flexibility index (Phi) is 2.12. The average molecular weight is 220 g/mol. The van der Waals surface area contributed by atoms with Crippen molar-refractivity contribution in [2.45, 2.75) is 46.0 Å². The first-order valence-corrected chi connectivity index (χ1v) is 6.82. The van der Waals surface area contributed by atoms with E-state index < -0.39 is 0 Å². The number of hydrogen-bond donors (Lipinski definition) is 1. The summed E-state index contributed by atoms with van der Waals surface area (Å²) >= 11 is 0. The molecule has 3 aliphatic rings. The van der Waals surface area contributed by atoms with Crippen LogP contribution in [0.4, 0.5) is 0 Å². The lowest BCUT2D eigenvalue weighted by atomic mass is 9.56. The molecule has 3 rings (SSSR count). The maximum atomic E-state index is 9.61. The zero-order valence-electron chi connectivity index (χ0n) is 10.6. The van der Waals surface area contributed by atoms with E-state index in [0.717, 1.165) is 5.92 Å². The van der Waals surface area contributed by atoms with Crippen LogP contribution >= 0.6 is 0 Å². The lowest BCUT2D eigenvalue weighted by Crippen LogP contribution is -2.41. The molecule has 0 aliphatic heterocycles. The molecule has 0 radical (unpaired) electrons. The molecule has 1 nitrogen and oxygen atoms in total. The van der Waals surface area contributed by atoms with Crippen molar-refractivity contribution >= 4 is 0 Å². The van der Waals surface area contributed by atoms with Crippen LogP contribution in [0, 0.1) is 28.6 Å². The predicted molar refractivity (Wildman–Crippen MR) is 66.0 cm³/mol. The first kappa shape index (κ1) is 10.8. The van der Waals surface area contributed by atoms with E-state index in [-0.39, 0.29) is 0 Å². The van der Waals surface area contributed by atoms with E-state index in [0.29, 0.717) is 29.3 Å². The van der Waals surface area contributed by atoms with E-state index in [4.69, 9.17) is 0 Å². The molecule has 0 aromatic rings. The third kappa shape index (κ3) is 1.06. The van der Waals surface area contributed by atoms with E-state index in [1.54, 1.807) is 0 Å². The molecular formula is C15H24O. The Bertz CT molecular complexity index is 330. The molecule has 2 bridgehead atoms. The predicted octanol–water partition coefficient (Wildman–Crippen LogP) is 3.39. The molecule has 1 spiro atoms. The van der Waals surface area contributed by atoms with Gasteiger partial charge in [0, 0.05) is 6.61 Å². The van der Waals surface area contributed by atoms with Crippen LogP contribution in [0.2, 0.25) is 0 Å². The molecule has 90 valence electrons. The molecule has 4 atom stereocenters. The highest BCUT2D eigenvalue weighted by Gasteiger charge is 2.61. The van der Waals surface area contributed by atoms with Gasteiger partial charge in [-0.3, -0.25) is 0 Å². The van der Waals surface area contributed by atoms with Gasteiger partial charge in [-0.25, -0.2) is 0 Å². The Balaban J connectivity index is 2.03. The second-order valence-corrected chi connectivity index (χ2v) is 6.93. The van der Waals surface area contributed by atoms with Gasteiger partial charge in [-0.2, -0.15) is 0 Å². The second-order valence-electron chi connectivity index (χ2n) is 6.93. The number of hydrogen-bond acceptors (Lipinski definition) is 1. The first-order chi connectivity index (χ1) is 7.52. The average Bonchev–Trinajstić information content (AvgIpc) is 2.81. The van der Waals surface area contributed by atoms with Crippen molar-refractivity contribution in [2.75, 3.05) is 6.61 Å². The summed E-state index contributed by atoms with van der Waals surface area (Å²) in [7, 11) is 0. The van der Waals surface area contributed by atoms with Crippen LogP contribution in [0.25, 0.3) is 0 Å². The lowest BCUT2D eigenvalue weighted by molar-refractivity contribution is 0.0515. The van der Waals surface area contributed by atoms with Crippen molar-refractivity contribution in [3.8, 4) is 0 Å². The van der Waals surface area contributed by atoms with Crippen LogP contribution in [0.5, 0.6) is 0 Å². The Morgan fingerprint density at radius 3 is 2.75 bits per heavy atom. The summed E-state index contributed by atoms with van der Waals surface area (Å²) in [5.41, 5.74) is 2.29. The quantitative estimate of drug-likeness (QED) is 0.672. The van der Waals surface area contributed by atoms with Gasteiger partial charge in [0.2, 0.25) is 0 Å². The molecule has 1 heteroatoms. The third-order valence-electron chi connectivity index (χ3n) is 6.38. The minimum absolute atomic E-state index is 0.342. The molecule has 3 saturated carbocycles. The van der Waals surface area contributed by atoms with Crippen LogP contribution < -0.4 is 0 Å². The van der Waals surface area contributed by atoms with Gasteiger partial charge >= 0.3 is 0 Å². The summed E-state index contributed by atoms with van der Waals surface area (Å²) in [5, 5.41) is 9.61. The van der Waals surface area contributed by atoms with Crippen LogP contribution in [-0.2, 0) is 0 Å². The highest BCUT2D eigenvalue weighted by Crippen LogP contribution is 2.69. The Hall–Kier alpha value is -0.300. The van der Waals surface area contributed by atoms with Crippen molar-refractivity contribution in [3.05, 3.63) is 12.2 Å². The highest BCUT2D eigenvalue weighted by molar-refractivity contribution is 5.27. The second kappa shape index (κ2) is 3.13. The van der Waals surface area contributed by atoms with E-state index in [9.17, 15) is 5.11 Å². The minimum atomic E-state index is 0.342. The maximum absolute atomic E-state index is 9.61. The zero-order valence-corrected chi connectivity index (χ0v) is 10.6. The molecule has 1 unspecified atom stereocenters. The van der Waals surface area contributed by atoms with Gasteiger partial charge in [0.15, 0.2) is 0 Å². The van der Waals surface area contributed by atoms with Gasteiger partial charge in [-0.1, -0.05) is 26.0 Å². The Morgan fingerprint density at radius 1 is 1.31 bits per heavy atom. The summed E-state index contributed by atoms with van der Waals surface area (Å²) < 4.78 is 0. The summed E-state index contributed by atoms with van der Waals surface area (Å²) in [6, 6.07) is 0. The summed E-state index contributed by atoms with van der Waals surface area (Å²) in [5.74, 6) is 2.09. The fraction of sp³-hybridized carbons (Fsp3) is 0.867. The van der Waals surface area contributed by atoms with Crippen molar-refractivity contribution in [1.29, 1.82) is 0 Å². The van der Waals surface area contributed by atoms with E-state index in [2.05, 4.69) is 20.4 Å². The number of aliphatic hydroxyl groups is 1. The SMILES string of the molecule is C=C1[C@H]2CCC(CO)[C@@]23CC[C@H](C3)C1(C)C. The smallest absolute Gasteiger partial charge is 0.0464 e. The topological polar surface area (TPSA) is 20.2 Å². The lowest BCUT2D eigenvalue weighted by Gasteiger charge is -2.49. The van der Waals surface area contributed by atoms with Gasteiger partial charge in [-0.05, 0) is 60.7 Å². The van der Waals surface area contributed by atoms with Crippen LogP contribution in [-0.4, -0.2) is 11.7 Å². The summed E-state index contributed by atoms with van der Waals surface area (Å²) in [6.07, 6.45) is 6.56. The van der Waals surface area contributed by atoms with E-state index >= 15 is 0 Å².